The Morgan fingerprint density at radius 3 is 3.00 bits per heavy atom. The van der Waals surface area contributed by atoms with Crippen molar-refractivity contribution < 1.29 is 9.07 Å². The Morgan fingerprint density at radius 1 is 1.47 bits per heavy atom. The van der Waals surface area contributed by atoms with E-state index in [-0.39, 0.29) is 0 Å². The minimum atomic E-state index is -0.473. The molecule has 0 unspecified atom stereocenters. The van der Waals surface area contributed by atoms with Crippen LogP contribution in [0.2, 0.25) is 0 Å². The molecule has 0 aliphatic heterocycles. The van der Waals surface area contributed by atoms with Crippen LogP contribution >= 0.6 is 11.3 Å². The fraction of sp³-hybridized carbons (Fsp3) is 0.200. The van der Waals surface area contributed by atoms with E-state index in [2.05, 4.69) is 16.5 Å². The summed E-state index contributed by atoms with van der Waals surface area (Å²) in [6.07, 6.45) is 0. The molecule has 0 atom stereocenters. The van der Waals surface area contributed by atoms with E-state index in [1.54, 1.807) is 24.5 Å². The summed E-state index contributed by atoms with van der Waals surface area (Å²) in [7, 11) is 1.71. The van der Waals surface area contributed by atoms with E-state index in [1.807, 2.05) is 11.4 Å². The van der Waals surface area contributed by atoms with Gasteiger partial charge in [0.25, 0.3) is 11.8 Å². The first-order valence-corrected chi connectivity index (χ1v) is 5.43. The summed E-state index contributed by atoms with van der Waals surface area (Å²) in [5, 5.41) is 8.88. The van der Waals surface area contributed by atoms with Gasteiger partial charge in [0.05, 0.1) is 0 Å². The van der Waals surface area contributed by atoms with Gasteiger partial charge in [0.2, 0.25) is 0 Å². The summed E-state index contributed by atoms with van der Waals surface area (Å²) in [6.45, 7) is 0.735. The van der Waals surface area contributed by atoms with Gasteiger partial charge in [-0.25, -0.2) is 0 Å². The number of halogens is 1. The zero-order chi connectivity index (χ0) is 10.7. The third-order valence-electron chi connectivity index (χ3n) is 2.00. The fourth-order valence-corrected chi connectivity index (χ4v) is 1.89. The van der Waals surface area contributed by atoms with E-state index in [0.29, 0.717) is 0 Å². The zero-order valence-electron chi connectivity index (χ0n) is 8.27. The van der Waals surface area contributed by atoms with Crippen LogP contribution in [0, 0.1) is 5.95 Å². The first kappa shape index (κ1) is 10.0. The monoisotopic (exact) mass is 224 g/mol. The number of anilines is 1. The maximum absolute atomic E-state index is 12.7. The highest BCUT2D eigenvalue weighted by atomic mass is 32.1. The van der Waals surface area contributed by atoms with Crippen molar-refractivity contribution in [3.8, 4) is 0 Å². The number of hydrogen-bond donors (Lipinski definition) is 1. The Balaban J connectivity index is 2.05. The molecule has 0 spiro atoms. The maximum atomic E-state index is 12.7. The van der Waals surface area contributed by atoms with Gasteiger partial charge in [-0.3, -0.25) is 5.32 Å². The highest BCUT2D eigenvalue weighted by Gasteiger charge is 2.07. The molecule has 2 aromatic heterocycles. The van der Waals surface area contributed by atoms with Crippen LogP contribution in [0.5, 0.6) is 0 Å². The lowest BCUT2D eigenvalue weighted by atomic mass is 10.4. The summed E-state index contributed by atoms with van der Waals surface area (Å²) >= 11 is 1.68. The number of nitrogens with one attached hydrogen (secondary N) is 1. The van der Waals surface area contributed by atoms with Crippen LogP contribution in [-0.2, 0) is 13.6 Å². The zero-order valence-corrected chi connectivity index (χ0v) is 9.09. The van der Waals surface area contributed by atoms with Crippen molar-refractivity contribution in [1.82, 2.24) is 5.10 Å². The molecule has 0 aliphatic rings. The summed E-state index contributed by atoms with van der Waals surface area (Å²) in [5.41, 5.74) is 0. The molecule has 0 bridgehead atoms. The van der Waals surface area contributed by atoms with Gasteiger partial charge in [0, 0.05) is 17.0 Å². The van der Waals surface area contributed by atoms with Crippen molar-refractivity contribution in [3.05, 3.63) is 40.5 Å². The van der Waals surface area contributed by atoms with E-state index in [0.717, 1.165) is 12.4 Å². The summed E-state index contributed by atoms with van der Waals surface area (Å²) in [4.78, 5) is 1.24. The average molecular weight is 224 g/mol. The van der Waals surface area contributed by atoms with Crippen molar-refractivity contribution >= 4 is 17.2 Å². The van der Waals surface area contributed by atoms with Crippen LogP contribution in [0.3, 0.4) is 0 Å². The standard InChI is InChI=1S/C10H10FN3S/c1-14-10(5-4-9(11)13-14)12-7-8-3-2-6-15-8/h2-6H,7H2,1H3/p+1. The van der Waals surface area contributed by atoms with Gasteiger partial charge in [0.15, 0.2) is 0 Å². The van der Waals surface area contributed by atoms with Gasteiger partial charge in [0.1, 0.15) is 13.6 Å². The highest BCUT2D eigenvalue weighted by Crippen LogP contribution is 2.10. The lowest BCUT2D eigenvalue weighted by molar-refractivity contribution is -0.719. The van der Waals surface area contributed by atoms with Crippen LogP contribution < -0.4 is 10.00 Å². The quantitative estimate of drug-likeness (QED) is 0.804. The Labute approximate surface area is 91.2 Å². The van der Waals surface area contributed by atoms with Crippen molar-refractivity contribution in [3.63, 3.8) is 0 Å². The molecule has 3 nitrogen and oxygen atoms in total. The molecule has 5 heteroatoms. The molecule has 2 rings (SSSR count). The predicted octanol–water partition coefficient (Wildman–Crippen LogP) is 1.72. The molecule has 0 radical (unpaired) electrons. The van der Waals surface area contributed by atoms with E-state index in [9.17, 15) is 4.39 Å². The van der Waals surface area contributed by atoms with Gasteiger partial charge >= 0.3 is 0 Å². The predicted molar refractivity (Wildman–Crippen MR) is 57.0 cm³/mol. The minimum Gasteiger partial charge on any atom is -0.268 e. The molecular weight excluding hydrogens is 213 g/mol. The van der Waals surface area contributed by atoms with E-state index in [1.165, 1.54) is 15.6 Å². The molecule has 0 saturated carbocycles. The molecule has 0 fully saturated rings. The first-order chi connectivity index (χ1) is 7.25. The number of nitrogens with zero attached hydrogens (tertiary/aromatic N) is 2. The summed E-state index contributed by atoms with van der Waals surface area (Å²) in [6, 6.07) is 7.08. The molecule has 2 aromatic rings. The summed E-state index contributed by atoms with van der Waals surface area (Å²) < 4.78 is 14.2. The first-order valence-electron chi connectivity index (χ1n) is 4.55. The molecule has 2 heterocycles. The largest absolute Gasteiger partial charge is 0.295 e. The third kappa shape index (κ3) is 2.50. The van der Waals surface area contributed by atoms with Gasteiger partial charge in [-0.2, -0.15) is 4.39 Å². The second kappa shape index (κ2) is 4.35. The highest BCUT2D eigenvalue weighted by molar-refractivity contribution is 7.09. The SMILES string of the molecule is C[n+]1nc(F)ccc1NCc1cccs1. The molecule has 0 aliphatic carbocycles. The Kier molecular flexibility index (Phi) is 2.91. The topological polar surface area (TPSA) is 28.8 Å². The molecular formula is C10H11FN3S+. The van der Waals surface area contributed by atoms with Crippen molar-refractivity contribution in [2.45, 2.75) is 6.54 Å². The molecule has 0 saturated heterocycles. The average Bonchev–Trinajstić information content (AvgIpc) is 2.69. The van der Waals surface area contributed by atoms with Crippen LogP contribution in [0.1, 0.15) is 4.88 Å². The molecule has 78 valence electrons. The van der Waals surface area contributed by atoms with Crippen LogP contribution in [0.15, 0.2) is 29.6 Å². The third-order valence-corrected chi connectivity index (χ3v) is 2.87. The second-order valence-corrected chi connectivity index (χ2v) is 4.13. The molecule has 0 aromatic carbocycles. The van der Waals surface area contributed by atoms with Crippen molar-refractivity contribution in [1.29, 1.82) is 0 Å². The van der Waals surface area contributed by atoms with Crippen molar-refractivity contribution in [2.24, 2.45) is 7.05 Å². The maximum Gasteiger partial charge on any atom is 0.295 e. The van der Waals surface area contributed by atoms with Crippen LogP contribution in [0.4, 0.5) is 10.2 Å². The van der Waals surface area contributed by atoms with E-state index < -0.39 is 5.95 Å². The van der Waals surface area contributed by atoms with Crippen molar-refractivity contribution in [2.75, 3.05) is 5.32 Å². The van der Waals surface area contributed by atoms with Gasteiger partial charge in [-0.1, -0.05) is 11.2 Å². The number of rotatable bonds is 3. The number of aromatic nitrogens is 2. The Bertz CT molecular complexity index is 442. The van der Waals surface area contributed by atoms with Gasteiger partial charge in [-0.05, 0) is 11.4 Å². The molecule has 0 amide bonds. The Hall–Kier alpha value is -1.49. The second-order valence-electron chi connectivity index (χ2n) is 3.10. The fourth-order valence-electron chi connectivity index (χ4n) is 1.25. The smallest absolute Gasteiger partial charge is 0.268 e. The summed E-state index contributed by atoms with van der Waals surface area (Å²) in [5.74, 6) is 0.323. The molecule has 15 heavy (non-hydrogen) atoms. The van der Waals surface area contributed by atoms with E-state index in [4.69, 9.17) is 0 Å². The van der Waals surface area contributed by atoms with Crippen LogP contribution in [0.25, 0.3) is 0 Å². The lowest BCUT2D eigenvalue weighted by Crippen LogP contribution is -2.37. The van der Waals surface area contributed by atoms with E-state index >= 15 is 0 Å². The number of hydrogen-bond acceptors (Lipinski definition) is 3. The molecule has 1 N–H and O–H groups in total. The minimum absolute atomic E-state index is 0.473. The number of aryl methyl sites for hydroxylation is 1. The van der Waals surface area contributed by atoms with Gasteiger partial charge in [-0.15, -0.1) is 16.0 Å². The lowest BCUT2D eigenvalue weighted by Gasteiger charge is -1.99. The van der Waals surface area contributed by atoms with Gasteiger partial charge < -0.3 is 0 Å². The normalized spacial score (nSPS) is 10.3. The number of thiophene rings is 1. The Morgan fingerprint density at radius 2 is 2.33 bits per heavy atom. The van der Waals surface area contributed by atoms with Crippen LogP contribution in [-0.4, -0.2) is 5.10 Å².